The lowest BCUT2D eigenvalue weighted by Gasteiger charge is -2.30. The SMILES string of the molecule is CCC1CCCCC1C(=O)C1C2CCc3ccccc3C21. The van der Waals surface area contributed by atoms with Gasteiger partial charge in [0, 0.05) is 11.8 Å². The highest BCUT2D eigenvalue weighted by Gasteiger charge is 2.58. The van der Waals surface area contributed by atoms with Gasteiger partial charge in [-0.25, -0.2) is 0 Å². The number of hydrogen-bond acceptors (Lipinski definition) is 1. The van der Waals surface area contributed by atoms with Crippen LogP contribution in [0.25, 0.3) is 0 Å². The maximum atomic E-state index is 13.1. The minimum atomic E-state index is 0.366. The zero-order valence-corrected chi connectivity index (χ0v) is 13.1. The first kappa shape index (κ1) is 13.5. The van der Waals surface area contributed by atoms with E-state index in [4.69, 9.17) is 0 Å². The largest absolute Gasteiger partial charge is 0.299 e. The van der Waals surface area contributed by atoms with Crippen molar-refractivity contribution in [2.45, 2.75) is 57.8 Å². The highest BCUT2D eigenvalue weighted by atomic mass is 16.1. The summed E-state index contributed by atoms with van der Waals surface area (Å²) in [6.07, 6.45) is 8.66. The lowest BCUT2D eigenvalue weighted by molar-refractivity contribution is -0.127. The van der Waals surface area contributed by atoms with Crippen molar-refractivity contribution in [2.24, 2.45) is 23.7 Å². The third-order valence-corrected chi connectivity index (χ3v) is 6.46. The van der Waals surface area contributed by atoms with Crippen LogP contribution in [0.15, 0.2) is 24.3 Å². The summed E-state index contributed by atoms with van der Waals surface area (Å²) in [5.74, 6) is 3.29. The van der Waals surface area contributed by atoms with E-state index >= 15 is 0 Å². The number of ketones is 1. The molecule has 5 unspecified atom stereocenters. The molecule has 0 aromatic heterocycles. The van der Waals surface area contributed by atoms with Crippen molar-refractivity contribution >= 4 is 5.78 Å². The van der Waals surface area contributed by atoms with Gasteiger partial charge in [-0.3, -0.25) is 4.79 Å². The monoisotopic (exact) mass is 282 g/mol. The van der Waals surface area contributed by atoms with E-state index in [1.54, 1.807) is 0 Å². The fourth-order valence-corrected chi connectivity index (χ4v) is 5.27. The van der Waals surface area contributed by atoms with Gasteiger partial charge in [0.25, 0.3) is 0 Å². The Morgan fingerprint density at radius 3 is 2.81 bits per heavy atom. The Bertz CT molecular complexity index is 547. The average molecular weight is 282 g/mol. The number of benzene rings is 1. The third kappa shape index (κ3) is 2.17. The Labute approximate surface area is 128 Å². The molecule has 0 bridgehead atoms. The molecule has 1 heteroatoms. The maximum absolute atomic E-state index is 13.1. The molecule has 1 aromatic carbocycles. The van der Waals surface area contributed by atoms with Crippen LogP contribution in [0, 0.1) is 23.7 Å². The minimum Gasteiger partial charge on any atom is -0.299 e. The Morgan fingerprint density at radius 1 is 1.14 bits per heavy atom. The van der Waals surface area contributed by atoms with Crippen LogP contribution in [0.1, 0.15) is 62.5 Å². The molecule has 0 saturated heterocycles. The first-order valence-electron chi connectivity index (χ1n) is 8.92. The van der Waals surface area contributed by atoms with E-state index < -0.39 is 0 Å². The zero-order chi connectivity index (χ0) is 14.4. The Hall–Kier alpha value is -1.11. The van der Waals surface area contributed by atoms with Gasteiger partial charge in [0.2, 0.25) is 0 Å². The van der Waals surface area contributed by atoms with Gasteiger partial charge in [-0.05, 0) is 54.6 Å². The van der Waals surface area contributed by atoms with Gasteiger partial charge in [0.15, 0.2) is 0 Å². The molecule has 1 aromatic rings. The van der Waals surface area contributed by atoms with Crippen LogP contribution in [-0.4, -0.2) is 5.78 Å². The molecule has 0 aliphatic heterocycles. The summed E-state index contributed by atoms with van der Waals surface area (Å²) in [6, 6.07) is 8.83. The van der Waals surface area contributed by atoms with E-state index in [1.165, 1.54) is 49.7 Å². The standard InChI is InChI=1S/C20H26O/c1-2-13-7-3-6-10-16(13)20(21)19-17-12-11-14-8-4-5-9-15(14)18(17)19/h4-5,8-9,13,16-19H,2-3,6-7,10-12H2,1H3. The van der Waals surface area contributed by atoms with E-state index in [9.17, 15) is 4.79 Å². The highest BCUT2D eigenvalue weighted by Crippen LogP contribution is 2.61. The summed E-state index contributed by atoms with van der Waals surface area (Å²) in [5.41, 5.74) is 3.00. The predicted octanol–water partition coefficient (Wildman–Crippen LogP) is 4.75. The molecule has 2 fully saturated rings. The molecule has 21 heavy (non-hydrogen) atoms. The summed E-state index contributed by atoms with van der Waals surface area (Å²) in [5, 5.41) is 0. The van der Waals surface area contributed by atoms with E-state index in [1.807, 2.05) is 0 Å². The lowest BCUT2D eigenvalue weighted by atomic mass is 9.74. The van der Waals surface area contributed by atoms with E-state index in [0.29, 0.717) is 35.4 Å². The number of rotatable bonds is 3. The Balaban J connectivity index is 1.55. The van der Waals surface area contributed by atoms with E-state index in [-0.39, 0.29) is 0 Å². The van der Waals surface area contributed by atoms with Crippen LogP contribution in [0.3, 0.4) is 0 Å². The van der Waals surface area contributed by atoms with Crippen LogP contribution in [0.5, 0.6) is 0 Å². The van der Waals surface area contributed by atoms with Crippen molar-refractivity contribution < 1.29 is 4.79 Å². The first-order valence-corrected chi connectivity index (χ1v) is 8.92. The molecule has 0 amide bonds. The van der Waals surface area contributed by atoms with Gasteiger partial charge in [-0.1, -0.05) is 50.5 Å². The van der Waals surface area contributed by atoms with Crippen LogP contribution in [0.2, 0.25) is 0 Å². The molecule has 0 heterocycles. The number of hydrogen-bond donors (Lipinski definition) is 0. The smallest absolute Gasteiger partial charge is 0.140 e. The molecule has 0 radical (unpaired) electrons. The molecule has 5 atom stereocenters. The van der Waals surface area contributed by atoms with Gasteiger partial charge in [0.1, 0.15) is 5.78 Å². The number of carbonyl (C=O) groups is 1. The fourth-order valence-electron chi connectivity index (χ4n) is 5.27. The molecule has 3 aliphatic rings. The molecule has 0 N–H and O–H groups in total. The number of aryl methyl sites for hydroxylation is 1. The molecule has 112 valence electrons. The maximum Gasteiger partial charge on any atom is 0.140 e. The highest BCUT2D eigenvalue weighted by molar-refractivity contribution is 5.88. The second kappa shape index (κ2) is 5.26. The predicted molar refractivity (Wildman–Crippen MR) is 85.2 cm³/mol. The fraction of sp³-hybridized carbons (Fsp3) is 0.650. The molecule has 2 saturated carbocycles. The quantitative estimate of drug-likeness (QED) is 0.782. The summed E-state index contributed by atoms with van der Waals surface area (Å²) in [7, 11) is 0. The summed E-state index contributed by atoms with van der Waals surface area (Å²) < 4.78 is 0. The van der Waals surface area contributed by atoms with Crippen LogP contribution in [-0.2, 0) is 11.2 Å². The summed E-state index contributed by atoms with van der Waals surface area (Å²) >= 11 is 0. The van der Waals surface area contributed by atoms with Crippen molar-refractivity contribution in [3.05, 3.63) is 35.4 Å². The molecule has 3 aliphatic carbocycles. The van der Waals surface area contributed by atoms with Crippen molar-refractivity contribution in [3.63, 3.8) is 0 Å². The third-order valence-electron chi connectivity index (χ3n) is 6.46. The topological polar surface area (TPSA) is 17.1 Å². The zero-order valence-electron chi connectivity index (χ0n) is 13.1. The Morgan fingerprint density at radius 2 is 1.95 bits per heavy atom. The lowest BCUT2D eigenvalue weighted by Crippen LogP contribution is -2.28. The molecular formula is C20H26O. The summed E-state index contributed by atoms with van der Waals surface area (Å²) in [6.45, 7) is 2.27. The van der Waals surface area contributed by atoms with E-state index in [0.717, 1.165) is 6.42 Å². The van der Waals surface area contributed by atoms with Crippen molar-refractivity contribution in [1.82, 2.24) is 0 Å². The van der Waals surface area contributed by atoms with Crippen molar-refractivity contribution in [2.75, 3.05) is 0 Å². The molecular weight excluding hydrogens is 256 g/mol. The molecule has 4 rings (SSSR count). The number of carbonyl (C=O) groups excluding carboxylic acids is 1. The van der Waals surface area contributed by atoms with Gasteiger partial charge in [-0.2, -0.15) is 0 Å². The van der Waals surface area contributed by atoms with Crippen LogP contribution in [0.4, 0.5) is 0 Å². The van der Waals surface area contributed by atoms with Gasteiger partial charge < -0.3 is 0 Å². The molecule has 0 spiro atoms. The van der Waals surface area contributed by atoms with Gasteiger partial charge in [0.05, 0.1) is 0 Å². The second-order valence-corrected chi connectivity index (χ2v) is 7.41. The van der Waals surface area contributed by atoms with Crippen molar-refractivity contribution in [3.8, 4) is 0 Å². The van der Waals surface area contributed by atoms with Gasteiger partial charge in [-0.15, -0.1) is 0 Å². The number of fused-ring (bicyclic) bond motifs is 3. The summed E-state index contributed by atoms with van der Waals surface area (Å²) in [4.78, 5) is 13.1. The Kier molecular flexibility index (Phi) is 3.40. The van der Waals surface area contributed by atoms with Gasteiger partial charge >= 0.3 is 0 Å². The minimum absolute atomic E-state index is 0.366. The molecule has 1 nitrogen and oxygen atoms in total. The second-order valence-electron chi connectivity index (χ2n) is 7.41. The van der Waals surface area contributed by atoms with Crippen molar-refractivity contribution in [1.29, 1.82) is 0 Å². The first-order chi connectivity index (χ1) is 10.3. The normalized spacial score (nSPS) is 37.5. The van der Waals surface area contributed by atoms with E-state index in [2.05, 4.69) is 31.2 Å². The number of Topliss-reactive ketones (excluding diaryl/α,β-unsaturated/α-hetero) is 1. The van der Waals surface area contributed by atoms with Crippen LogP contribution < -0.4 is 0 Å². The van der Waals surface area contributed by atoms with Crippen LogP contribution >= 0.6 is 0 Å². The average Bonchev–Trinajstić information content (AvgIpc) is 3.29.